The third-order valence-corrected chi connectivity index (χ3v) is 6.43. The molecule has 3 aliphatic rings. The van der Waals surface area contributed by atoms with Crippen molar-refractivity contribution >= 4 is 11.6 Å². The summed E-state index contributed by atoms with van der Waals surface area (Å²) < 4.78 is 0. The van der Waals surface area contributed by atoms with Gasteiger partial charge in [0.15, 0.2) is 0 Å². The minimum absolute atomic E-state index is 0.0183. The molecule has 0 aromatic heterocycles. The van der Waals surface area contributed by atoms with Crippen LogP contribution in [-0.4, -0.2) is 35.1 Å². The van der Waals surface area contributed by atoms with Gasteiger partial charge in [-0.2, -0.15) is 5.26 Å². The Hall–Kier alpha value is -2.84. The summed E-state index contributed by atoms with van der Waals surface area (Å²) in [6.45, 7) is 0.840. The lowest BCUT2D eigenvalue weighted by Crippen LogP contribution is -2.43. The molecule has 3 atom stereocenters. The molecular weight excluding hydrogens is 350 g/mol. The Bertz CT molecular complexity index is 959. The third kappa shape index (κ3) is 2.76. The first-order valence-corrected chi connectivity index (χ1v) is 10.0. The van der Waals surface area contributed by atoms with Gasteiger partial charge in [0.2, 0.25) is 5.91 Å². The Balaban J connectivity index is 1.55. The van der Waals surface area contributed by atoms with Crippen LogP contribution in [0.2, 0.25) is 0 Å². The second kappa shape index (κ2) is 6.65. The van der Waals surface area contributed by atoms with Gasteiger partial charge in [0.25, 0.3) is 0 Å². The Morgan fingerprint density at radius 2 is 1.89 bits per heavy atom. The van der Waals surface area contributed by atoms with Crippen molar-refractivity contribution in [2.45, 2.75) is 31.3 Å². The van der Waals surface area contributed by atoms with E-state index in [2.05, 4.69) is 34.5 Å². The van der Waals surface area contributed by atoms with Crippen LogP contribution in [0.1, 0.15) is 36.4 Å². The normalized spacial score (nSPS) is 25.4. The van der Waals surface area contributed by atoms with Crippen molar-refractivity contribution in [2.24, 2.45) is 11.8 Å². The molecule has 5 rings (SSSR count). The molecule has 2 fully saturated rings. The summed E-state index contributed by atoms with van der Waals surface area (Å²) in [6.07, 6.45) is 2.93. The molecule has 1 aliphatic carbocycles. The summed E-state index contributed by atoms with van der Waals surface area (Å²) in [5.41, 5.74) is 4.93. The summed E-state index contributed by atoms with van der Waals surface area (Å²) >= 11 is 0. The van der Waals surface area contributed by atoms with Gasteiger partial charge in [-0.05, 0) is 60.2 Å². The number of amides is 1. The molecule has 1 saturated carbocycles. The van der Waals surface area contributed by atoms with E-state index in [0.717, 1.165) is 48.2 Å². The second-order valence-corrected chi connectivity index (χ2v) is 8.13. The lowest BCUT2D eigenvalue weighted by atomic mass is 9.82. The lowest BCUT2D eigenvalue weighted by Gasteiger charge is -2.39. The lowest BCUT2D eigenvalue weighted by molar-refractivity contribution is -0.134. The van der Waals surface area contributed by atoms with Gasteiger partial charge in [-0.15, -0.1) is 0 Å². The van der Waals surface area contributed by atoms with E-state index < -0.39 is 0 Å². The number of aliphatic hydroxyl groups is 1. The zero-order valence-electron chi connectivity index (χ0n) is 15.6. The van der Waals surface area contributed by atoms with Crippen LogP contribution < -0.4 is 5.32 Å². The molecular formula is C23H23N3O2. The van der Waals surface area contributed by atoms with Gasteiger partial charge in [0.05, 0.1) is 30.3 Å². The van der Waals surface area contributed by atoms with E-state index in [1.165, 1.54) is 0 Å². The van der Waals surface area contributed by atoms with Crippen molar-refractivity contribution in [3.63, 3.8) is 0 Å². The number of rotatable bonds is 3. The van der Waals surface area contributed by atoms with Crippen molar-refractivity contribution in [3.05, 3.63) is 53.6 Å². The molecule has 0 bridgehead atoms. The number of nitrogens with one attached hydrogen (secondary N) is 1. The number of carbonyl (C=O) groups excluding carboxylic acids is 1. The van der Waals surface area contributed by atoms with Gasteiger partial charge in [-0.25, -0.2) is 0 Å². The molecule has 2 heterocycles. The van der Waals surface area contributed by atoms with E-state index in [0.29, 0.717) is 5.56 Å². The largest absolute Gasteiger partial charge is 0.394 e. The van der Waals surface area contributed by atoms with Crippen molar-refractivity contribution < 1.29 is 9.90 Å². The van der Waals surface area contributed by atoms with Crippen LogP contribution in [0.15, 0.2) is 42.5 Å². The smallest absolute Gasteiger partial charge is 0.226 e. The number of likely N-dealkylation sites (tertiary alicyclic amines) is 1. The summed E-state index contributed by atoms with van der Waals surface area (Å²) in [5.74, 6) is 0.712. The van der Waals surface area contributed by atoms with E-state index in [-0.39, 0.29) is 36.4 Å². The highest BCUT2D eigenvalue weighted by molar-refractivity contribution is 5.83. The number of aliphatic hydroxyl groups excluding tert-OH is 1. The molecule has 0 radical (unpaired) electrons. The quantitative estimate of drug-likeness (QED) is 0.865. The predicted molar refractivity (Wildman–Crippen MR) is 106 cm³/mol. The number of benzene rings is 2. The van der Waals surface area contributed by atoms with Crippen LogP contribution in [-0.2, 0) is 4.79 Å². The number of hydrogen-bond acceptors (Lipinski definition) is 4. The van der Waals surface area contributed by atoms with Crippen molar-refractivity contribution in [1.82, 2.24) is 4.90 Å². The minimum atomic E-state index is -0.0183. The van der Waals surface area contributed by atoms with Gasteiger partial charge in [0, 0.05) is 24.1 Å². The highest BCUT2D eigenvalue weighted by Gasteiger charge is 2.48. The van der Waals surface area contributed by atoms with Gasteiger partial charge in [-0.1, -0.05) is 18.2 Å². The Kier molecular flexibility index (Phi) is 4.10. The van der Waals surface area contributed by atoms with Gasteiger partial charge >= 0.3 is 0 Å². The van der Waals surface area contributed by atoms with E-state index in [9.17, 15) is 9.90 Å². The summed E-state index contributed by atoms with van der Waals surface area (Å²) in [4.78, 5) is 15.0. The fourth-order valence-electron chi connectivity index (χ4n) is 4.79. The number of anilines is 1. The number of fused-ring (bicyclic) bond motifs is 3. The molecule has 2 aromatic rings. The molecule has 2 aliphatic heterocycles. The number of carbonyl (C=O) groups is 1. The molecule has 2 aromatic carbocycles. The molecule has 2 N–H and O–H groups in total. The van der Waals surface area contributed by atoms with Crippen molar-refractivity contribution in [1.29, 1.82) is 5.26 Å². The van der Waals surface area contributed by atoms with Crippen LogP contribution in [0.25, 0.3) is 11.1 Å². The Morgan fingerprint density at radius 1 is 1.14 bits per heavy atom. The summed E-state index contributed by atoms with van der Waals surface area (Å²) in [7, 11) is 0. The first-order valence-electron chi connectivity index (χ1n) is 10.0. The monoisotopic (exact) mass is 373 g/mol. The van der Waals surface area contributed by atoms with Gasteiger partial charge in [-0.3, -0.25) is 4.79 Å². The van der Waals surface area contributed by atoms with Crippen LogP contribution in [0, 0.1) is 23.2 Å². The zero-order chi connectivity index (χ0) is 19.3. The number of nitriles is 1. The average molecular weight is 373 g/mol. The van der Waals surface area contributed by atoms with E-state index in [4.69, 9.17) is 5.26 Å². The maximum atomic E-state index is 12.9. The van der Waals surface area contributed by atoms with Crippen molar-refractivity contribution in [2.75, 3.05) is 18.5 Å². The maximum Gasteiger partial charge on any atom is 0.226 e. The SMILES string of the molecule is N#Cc1ccc(-c2ccc3c(c2)[C@H]2[C@H](CCN2C(=O)C2CC2)[C@H](CO)N3)cc1. The first-order chi connectivity index (χ1) is 13.7. The minimum Gasteiger partial charge on any atom is -0.394 e. The number of nitrogens with zero attached hydrogens (tertiary/aromatic N) is 2. The average Bonchev–Trinajstić information content (AvgIpc) is 3.50. The van der Waals surface area contributed by atoms with E-state index in [1.54, 1.807) is 0 Å². The molecule has 142 valence electrons. The predicted octanol–water partition coefficient (Wildman–Crippen LogP) is 3.31. The van der Waals surface area contributed by atoms with Gasteiger partial charge in [0.1, 0.15) is 0 Å². The molecule has 5 nitrogen and oxygen atoms in total. The highest BCUT2D eigenvalue weighted by Crippen LogP contribution is 2.49. The summed E-state index contributed by atoms with van der Waals surface area (Å²) in [5, 5.41) is 22.4. The fraction of sp³-hybridized carbons (Fsp3) is 0.391. The molecule has 28 heavy (non-hydrogen) atoms. The maximum absolute atomic E-state index is 12.9. The molecule has 0 unspecified atom stereocenters. The Labute approximate surface area is 164 Å². The summed E-state index contributed by atoms with van der Waals surface area (Å²) in [6, 6.07) is 16.0. The van der Waals surface area contributed by atoms with E-state index >= 15 is 0 Å². The standard InChI is InChI=1S/C23H23N3O2/c24-12-14-1-3-15(4-2-14)17-7-8-20-19(11-17)22-18(21(13-27)25-20)9-10-26(22)23(28)16-5-6-16/h1-4,7-8,11,16,18,21-22,25,27H,5-6,9-10,13H2/t18-,21+,22-/m1/s1. The fourth-order valence-corrected chi connectivity index (χ4v) is 4.79. The van der Waals surface area contributed by atoms with E-state index in [1.807, 2.05) is 24.3 Å². The zero-order valence-corrected chi connectivity index (χ0v) is 15.6. The van der Waals surface area contributed by atoms with Crippen LogP contribution in [0.4, 0.5) is 5.69 Å². The van der Waals surface area contributed by atoms with Gasteiger partial charge < -0.3 is 15.3 Å². The third-order valence-electron chi connectivity index (χ3n) is 6.43. The van der Waals surface area contributed by atoms with Crippen LogP contribution in [0.5, 0.6) is 0 Å². The van der Waals surface area contributed by atoms with Crippen molar-refractivity contribution in [3.8, 4) is 17.2 Å². The molecule has 0 spiro atoms. The highest BCUT2D eigenvalue weighted by atomic mass is 16.3. The number of hydrogen-bond donors (Lipinski definition) is 2. The van der Waals surface area contributed by atoms with Crippen LogP contribution >= 0.6 is 0 Å². The second-order valence-electron chi connectivity index (χ2n) is 8.13. The molecule has 1 saturated heterocycles. The Morgan fingerprint density at radius 3 is 2.57 bits per heavy atom. The molecule has 5 heteroatoms. The molecule has 1 amide bonds. The van der Waals surface area contributed by atoms with Crippen LogP contribution in [0.3, 0.4) is 0 Å². The topological polar surface area (TPSA) is 76.4 Å². The first kappa shape index (κ1) is 17.3.